The average Bonchev–Trinajstić information content (AvgIpc) is 3.23. The number of aryl methyl sites for hydroxylation is 2. The van der Waals surface area contributed by atoms with Crippen LogP contribution in [0.25, 0.3) is 0 Å². The number of piperidine rings is 1. The van der Waals surface area contributed by atoms with Crippen LogP contribution in [0.5, 0.6) is 0 Å². The second kappa shape index (κ2) is 7.45. The van der Waals surface area contributed by atoms with E-state index in [2.05, 4.69) is 20.7 Å². The molecular weight excluding hydrogens is 405 g/mol. The molecule has 1 fully saturated rings. The molecule has 7 nitrogen and oxygen atoms in total. The molecule has 1 unspecified atom stereocenters. The van der Waals surface area contributed by atoms with Gasteiger partial charge < -0.3 is 4.90 Å². The molecular formula is C18H21F3N6OS. The van der Waals surface area contributed by atoms with E-state index in [1.165, 1.54) is 16.2 Å². The third-order valence-corrected chi connectivity index (χ3v) is 6.20. The molecule has 0 saturated carbocycles. The molecule has 0 aromatic carbocycles. The molecule has 1 aromatic rings. The minimum absolute atomic E-state index is 0.0491. The summed E-state index contributed by atoms with van der Waals surface area (Å²) >= 11 is 1.37. The summed E-state index contributed by atoms with van der Waals surface area (Å²) in [5.41, 5.74) is 4.21. The van der Waals surface area contributed by atoms with Crippen molar-refractivity contribution >= 4 is 28.2 Å². The summed E-state index contributed by atoms with van der Waals surface area (Å²) in [6.45, 7) is 4.30. The lowest BCUT2D eigenvalue weighted by molar-refractivity contribution is -0.179. The lowest BCUT2D eigenvalue weighted by atomic mass is 10.0. The lowest BCUT2D eigenvalue weighted by Gasteiger charge is -2.39. The molecule has 156 valence electrons. The van der Waals surface area contributed by atoms with Gasteiger partial charge in [0.25, 0.3) is 5.91 Å². The van der Waals surface area contributed by atoms with Crippen LogP contribution in [0, 0.1) is 13.8 Å². The Balaban J connectivity index is 1.60. The van der Waals surface area contributed by atoms with Gasteiger partial charge in [0.1, 0.15) is 11.9 Å². The number of nitrogens with one attached hydrogen (secondary N) is 2. The van der Waals surface area contributed by atoms with Gasteiger partial charge in [-0.25, -0.2) is 15.4 Å². The second-order valence-electron chi connectivity index (χ2n) is 7.15. The van der Waals surface area contributed by atoms with Crippen molar-refractivity contribution in [2.24, 2.45) is 4.99 Å². The number of hydrogen-bond donors (Lipinski definition) is 2. The number of rotatable bonds is 2. The summed E-state index contributed by atoms with van der Waals surface area (Å²) in [6, 6.07) is -1.56. The number of thiazole rings is 1. The van der Waals surface area contributed by atoms with Gasteiger partial charge in [-0.05, 0) is 39.2 Å². The number of likely N-dealkylation sites (tertiary alicyclic amines) is 1. The standard InChI is InChI=1S/C18H21F3N6OS/c1-10-11(2)29-17(23-10)25-16(28)12-9-22-27-8-6-14(24-15(12)27)26-7-4-3-5-13(26)18(19,20)21/h6,8,13,22H,3-5,7,9H2,1-2H3,(H,23,25,28). The van der Waals surface area contributed by atoms with Gasteiger partial charge >= 0.3 is 6.18 Å². The van der Waals surface area contributed by atoms with E-state index in [1.807, 2.05) is 13.8 Å². The van der Waals surface area contributed by atoms with Crippen molar-refractivity contribution in [3.63, 3.8) is 0 Å². The number of halogens is 3. The fourth-order valence-electron chi connectivity index (χ4n) is 3.58. The monoisotopic (exact) mass is 426 g/mol. The molecule has 0 bridgehead atoms. The first-order chi connectivity index (χ1) is 13.7. The molecule has 1 amide bonds. The quantitative estimate of drug-likeness (QED) is 0.761. The maximum absolute atomic E-state index is 13.5. The van der Waals surface area contributed by atoms with E-state index in [0.717, 1.165) is 10.6 Å². The van der Waals surface area contributed by atoms with Crippen molar-refractivity contribution in [3.05, 3.63) is 34.2 Å². The Morgan fingerprint density at radius 1 is 1.34 bits per heavy atom. The number of alkyl halides is 3. The number of fused-ring (bicyclic) bond motifs is 1. The molecule has 29 heavy (non-hydrogen) atoms. The van der Waals surface area contributed by atoms with Gasteiger partial charge in [-0.2, -0.15) is 13.2 Å². The lowest BCUT2D eigenvalue weighted by Crippen LogP contribution is -2.51. The molecule has 3 aliphatic heterocycles. The van der Waals surface area contributed by atoms with Gasteiger partial charge in [0.15, 0.2) is 11.0 Å². The van der Waals surface area contributed by atoms with Crippen molar-refractivity contribution in [1.82, 2.24) is 20.3 Å². The smallest absolute Gasteiger partial charge is 0.344 e. The summed E-state index contributed by atoms with van der Waals surface area (Å²) in [6.07, 6.45) is 0.0992. The van der Waals surface area contributed by atoms with Gasteiger partial charge in [0, 0.05) is 24.2 Å². The predicted molar refractivity (Wildman–Crippen MR) is 104 cm³/mol. The highest BCUT2D eigenvalue weighted by Crippen LogP contribution is 2.33. The molecule has 1 saturated heterocycles. The van der Waals surface area contributed by atoms with Gasteiger partial charge in [-0.15, -0.1) is 11.3 Å². The number of nitrogens with zero attached hydrogens (tertiary/aromatic N) is 4. The van der Waals surface area contributed by atoms with Crippen LogP contribution < -0.4 is 10.7 Å². The Hall–Kier alpha value is -2.40. The zero-order valence-corrected chi connectivity index (χ0v) is 16.8. The average molecular weight is 426 g/mol. The molecule has 0 radical (unpaired) electrons. The Morgan fingerprint density at radius 3 is 2.83 bits per heavy atom. The number of anilines is 1. The Kier molecular flexibility index (Phi) is 5.11. The van der Waals surface area contributed by atoms with Crippen LogP contribution in [0.1, 0.15) is 29.8 Å². The van der Waals surface area contributed by atoms with Crippen molar-refractivity contribution in [2.45, 2.75) is 45.3 Å². The molecule has 0 aliphatic carbocycles. The van der Waals surface area contributed by atoms with E-state index in [9.17, 15) is 18.0 Å². The zero-order valence-electron chi connectivity index (χ0n) is 16.0. The fraction of sp³-hybridized carbons (Fsp3) is 0.500. The van der Waals surface area contributed by atoms with Crippen LogP contribution in [0.15, 0.2) is 28.7 Å². The maximum atomic E-state index is 13.5. The highest BCUT2D eigenvalue weighted by atomic mass is 32.1. The summed E-state index contributed by atoms with van der Waals surface area (Å²) in [7, 11) is 0. The predicted octanol–water partition coefficient (Wildman–Crippen LogP) is 3.07. The maximum Gasteiger partial charge on any atom is 0.408 e. The Labute approximate surface area is 170 Å². The number of aromatic nitrogens is 1. The number of aliphatic imine (C=N–C) groups is 1. The van der Waals surface area contributed by atoms with Crippen LogP contribution >= 0.6 is 11.3 Å². The van der Waals surface area contributed by atoms with Crippen LogP contribution in [0.2, 0.25) is 0 Å². The molecule has 2 N–H and O–H groups in total. The van der Waals surface area contributed by atoms with Crippen LogP contribution in [-0.4, -0.2) is 51.9 Å². The topological polar surface area (TPSA) is 72.9 Å². The van der Waals surface area contributed by atoms with Crippen LogP contribution in [0.4, 0.5) is 18.3 Å². The van der Waals surface area contributed by atoms with Crippen molar-refractivity contribution in [3.8, 4) is 0 Å². The van der Waals surface area contributed by atoms with Crippen molar-refractivity contribution < 1.29 is 18.0 Å². The summed E-state index contributed by atoms with van der Waals surface area (Å²) in [5, 5.41) is 4.81. The fourth-order valence-corrected chi connectivity index (χ4v) is 4.39. The van der Waals surface area contributed by atoms with Crippen molar-refractivity contribution in [2.75, 3.05) is 18.4 Å². The van der Waals surface area contributed by atoms with Gasteiger partial charge in [-0.1, -0.05) is 0 Å². The summed E-state index contributed by atoms with van der Waals surface area (Å²) in [4.78, 5) is 23.8. The summed E-state index contributed by atoms with van der Waals surface area (Å²) < 4.78 is 40.4. The normalized spacial score (nSPS) is 22.1. The largest absolute Gasteiger partial charge is 0.408 e. The third-order valence-electron chi connectivity index (χ3n) is 5.22. The minimum atomic E-state index is -4.32. The van der Waals surface area contributed by atoms with E-state index < -0.39 is 12.2 Å². The first kappa shape index (κ1) is 19.9. The molecule has 4 rings (SSSR count). The van der Waals surface area contributed by atoms with Crippen LogP contribution in [-0.2, 0) is 4.79 Å². The van der Waals surface area contributed by atoms with Crippen molar-refractivity contribution in [1.29, 1.82) is 0 Å². The zero-order chi connectivity index (χ0) is 20.8. The highest BCUT2D eigenvalue weighted by Gasteiger charge is 2.45. The number of amidine groups is 1. The molecule has 11 heteroatoms. The molecule has 1 aromatic heterocycles. The van der Waals surface area contributed by atoms with Gasteiger partial charge in [0.2, 0.25) is 0 Å². The number of carbonyl (C=O) groups excluding carboxylic acids is 1. The molecule has 0 spiro atoms. The second-order valence-corrected chi connectivity index (χ2v) is 8.36. The number of hydrogen-bond acceptors (Lipinski definition) is 7. The number of hydrazine groups is 1. The number of carbonyl (C=O) groups is 1. The van der Waals surface area contributed by atoms with E-state index in [1.54, 1.807) is 17.3 Å². The van der Waals surface area contributed by atoms with E-state index in [0.29, 0.717) is 29.4 Å². The van der Waals surface area contributed by atoms with E-state index in [-0.39, 0.29) is 31.3 Å². The Bertz CT molecular complexity index is 900. The van der Waals surface area contributed by atoms with E-state index >= 15 is 0 Å². The first-order valence-electron chi connectivity index (χ1n) is 9.35. The Morgan fingerprint density at radius 2 is 2.14 bits per heavy atom. The first-order valence-corrected chi connectivity index (χ1v) is 10.2. The van der Waals surface area contributed by atoms with E-state index in [4.69, 9.17) is 0 Å². The molecule has 1 atom stereocenters. The number of amides is 1. The van der Waals surface area contributed by atoms with Gasteiger partial charge in [0.05, 0.1) is 11.3 Å². The molecule has 3 aliphatic rings. The van der Waals surface area contributed by atoms with Gasteiger partial charge in [-0.3, -0.25) is 15.1 Å². The highest BCUT2D eigenvalue weighted by molar-refractivity contribution is 7.15. The van der Waals surface area contributed by atoms with Crippen LogP contribution in [0.3, 0.4) is 0 Å². The SMILES string of the molecule is Cc1nc(NC(=O)C2=C3N=C(N4CCCCC4C(F)(F)F)C=CN3NC2)sc1C. The molecule has 4 heterocycles. The minimum Gasteiger partial charge on any atom is -0.344 e. The third kappa shape index (κ3) is 3.88. The summed E-state index contributed by atoms with van der Waals surface area (Å²) in [5.74, 6) is 0.179.